The molecule has 0 unspecified atom stereocenters. The Morgan fingerprint density at radius 1 is 1.11 bits per heavy atom. The van der Waals surface area contributed by atoms with Crippen molar-refractivity contribution in [1.29, 1.82) is 0 Å². The molecule has 2 aromatic rings. The van der Waals surface area contributed by atoms with Crippen LogP contribution in [0.15, 0.2) is 47.4 Å². The molecule has 9 heteroatoms. The zero-order chi connectivity index (χ0) is 20.2. The van der Waals surface area contributed by atoms with Gasteiger partial charge in [0.25, 0.3) is 5.91 Å². The molecule has 144 valence electrons. The second-order valence-corrected chi connectivity index (χ2v) is 7.63. The van der Waals surface area contributed by atoms with Gasteiger partial charge in [0.15, 0.2) is 0 Å². The van der Waals surface area contributed by atoms with E-state index >= 15 is 0 Å². The average molecular weight is 392 g/mol. The Labute approximate surface area is 157 Å². The molecule has 3 N–H and O–H groups in total. The number of carboxylic acid groups (broad SMARTS) is 1. The van der Waals surface area contributed by atoms with Gasteiger partial charge < -0.3 is 15.2 Å². The number of methoxy groups -OCH3 is 1. The number of hydrogen-bond acceptors (Lipinski definition) is 5. The lowest BCUT2D eigenvalue weighted by Crippen LogP contribution is -2.30. The number of ether oxygens (including phenoxy) is 1. The number of carbonyl (C=O) groups excluding carboxylic acids is 1. The fourth-order valence-corrected chi connectivity index (χ4v) is 3.82. The lowest BCUT2D eigenvalue weighted by atomic mass is 10.1. The van der Waals surface area contributed by atoms with Gasteiger partial charge >= 0.3 is 5.97 Å². The number of nitrogens with one attached hydrogen (secondary N) is 2. The lowest BCUT2D eigenvalue weighted by Gasteiger charge is -2.14. The molecule has 8 nitrogen and oxygen atoms in total. The number of carboxylic acids is 1. The SMILES string of the molecule is COc1ccc(C(=O)Nc2ccccc2C(=O)O)cc1S(=O)(=O)NC(C)C. The van der Waals surface area contributed by atoms with E-state index in [1.807, 2.05) is 0 Å². The predicted octanol–water partition coefficient (Wildman–Crippen LogP) is 2.33. The van der Waals surface area contributed by atoms with Crippen molar-refractivity contribution < 1.29 is 27.9 Å². The summed E-state index contributed by atoms with van der Waals surface area (Å²) < 4.78 is 32.5. The largest absolute Gasteiger partial charge is 0.495 e. The second kappa shape index (κ2) is 8.19. The molecule has 0 heterocycles. The first-order chi connectivity index (χ1) is 12.7. The van der Waals surface area contributed by atoms with E-state index in [4.69, 9.17) is 4.74 Å². The molecular weight excluding hydrogens is 372 g/mol. The summed E-state index contributed by atoms with van der Waals surface area (Å²) in [6, 6.07) is 9.52. The van der Waals surface area contributed by atoms with Crippen molar-refractivity contribution in [3.63, 3.8) is 0 Å². The number of benzene rings is 2. The highest BCUT2D eigenvalue weighted by atomic mass is 32.2. The Balaban J connectivity index is 2.41. The molecule has 0 aliphatic carbocycles. The first-order valence-electron chi connectivity index (χ1n) is 7.99. The minimum Gasteiger partial charge on any atom is -0.495 e. The van der Waals surface area contributed by atoms with Crippen molar-refractivity contribution in [1.82, 2.24) is 4.72 Å². The van der Waals surface area contributed by atoms with Crippen LogP contribution >= 0.6 is 0 Å². The molecule has 0 atom stereocenters. The monoisotopic (exact) mass is 392 g/mol. The summed E-state index contributed by atoms with van der Waals surface area (Å²) in [5.74, 6) is -1.75. The zero-order valence-electron chi connectivity index (χ0n) is 15.0. The van der Waals surface area contributed by atoms with Gasteiger partial charge in [-0.2, -0.15) is 0 Å². The van der Waals surface area contributed by atoms with Gasteiger partial charge in [0.1, 0.15) is 10.6 Å². The quantitative estimate of drug-likeness (QED) is 0.665. The molecule has 0 saturated carbocycles. The number of sulfonamides is 1. The highest BCUT2D eigenvalue weighted by molar-refractivity contribution is 7.89. The van der Waals surface area contributed by atoms with Crippen LogP contribution < -0.4 is 14.8 Å². The molecule has 0 fully saturated rings. The van der Waals surface area contributed by atoms with Gasteiger partial charge in [-0.05, 0) is 44.2 Å². The Kier molecular flexibility index (Phi) is 6.19. The molecule has 2 rings (SSSR count). The number of para-hydroxylation sites is 1. The standard InChI is InChI=1S/C18H20N2O6S/c1-11(2)20-27(24,25)16-10-12(8-9-15(16)26-3)17(21)19-14-7-5-4-6-13(14)18(22)23/h4-11,20H,1-3H3,(H,19,21)(H,22,23). The van der Waals surface area contributed by atoms with Crippen molar-refractivity contribution in [3.05, 3.63) is 53.6 Å². The normalized spacial score (nSPS) is 11.3. The van der Waals surface area contributed by atoms with E-state index in [1.54, 1.807) is 19.9 Å². The number of rotatable bonds is 7. The molecule has 27 heavy (non-hydrogen) atoms. The number of aromatic carboxylic acids is 1. The van der Waals surface area contributed by atoms with Crippen LogP contribution in [0.3, 0.4) is 0 Å². The van der Waals surface area contributed by atoms with Crippen molar-refractivity contribution in [2.45, 2.75) is 24.8 Å². The van der Waals surface area contributed by atoms with Crippen molar-refractivity contribution in [2.75, 3.05) is 12.4 Å². The van der Waals surface area contributed by atoms with E-state index < -0.39 is 21.9 Å². The van der Waals surface area contributed by atoms with Crippen molar-refractivity contribution >= 4 is 27.6 Å². The van der Waals surface area contributed by atoms with Gasteiger partial charge in [0.2, 0.25) is 10.0 Å². The van der Waals surface area contributed by atoms with Gasteiger partial charge in [-0.1, -0.05) is 12.1 Å². The van der Waals surface area contributed by atoms with E-state index in [2.05, 4.69) is 10.0 Å². The fourth-order valence-electron chi connectivity index (χ4n) is 2.37. The van der Waals surface area contributed by atoms with Gasteiger partial charge in [-0.25, -0.2) is 17.9 Å². The summed E-state index contributed by atoms with van der Waals surface area (Å²) in [6.07, 6.45) is 0. The third kappa shape index (κ3) is 4.83. The summed E-state index contributed by atoms with van der Waals surface area (Å²) in [4.78, 5) is 23.6. The van der Waals surface area contributed by atoms with Gasteiger partial charge in [0.05, 0.1) is 18.4 Å². The van der Waals surface area contributed by atoms with Crippen molar-refractivity contribution in [3.8, 4) is 5.75 Å². The minimum absolute atomic E-state index is 0.0418. The predicted molar refractivity (Wildman–Crippen MR) is 99.8 cm³/mol. The second-order valence-electron chi connectivity index (χ2n) is 5.95. The van der Waals surface area contributed by atoms with E-state index in [1.165, 1.54) is 43.5 Å². The van der Waals surface area contributed by atoms with Gasteiger partial charge in [-0.3, -0.25) is 4.79 Å². The summed E-state index contributed by atoms with van der Waals surface area (Å²) >= 11 is 0. The van der Waals surface area contributed by atoms with E-state index in [9.17, 15) is 23.1 Å². The Bertz CT molecular complexity index is 970. The fraction of sp³-hybridized carbons (Fsp3) is 0.222. The molecule has 0 spiro atoms. The summed E-state index contributed by atoms with van der Waals surface area (Å²) in [7, 11) is -2.58. The van der Waals surface area contributed by atoms with Crippen LogP contribution in [-0.4, -0.2) is 38.6 Å². The van der Waals surface area contributed by atoms with Crippen molar-refractivity contribution in [2.24, 2.45) is 0 Å². The lowest BCUT2D eigenvalue weighted by molar-refractivity contribution is 0.0698. The summed E-state index contributed by atoms with van der Waals surface area (Å²) in [5, 5.41) is 11.7. The summed E-state index contributed by atoms with van der Waals surface area (Å²) in [6.45, 7) is 3.34. The maximum absolute atomic E-state index is 12.5. The number of hydrogen-bond donors (Lipinski definition) is 3. The van der Waals surface area contributed by atoms with Crippen LogP contribution in [0.1, 0.15) is 34.6 Å². The van der Waals surface area contributed by atoms with E-state index in [0.717, 1.165) is 0 Å². The topological polar surface area (TPSA) is 122 Å². The zero-order valence-corrected chi connectivity index (χ0v) is 15.8. The van der Waals surface area contributed by atoms with Crippen LogP contribution in [-0.2, 0) is 10.0 Å². The highest BCUT2D eigenvalue weighted by Gasteiger charge is 2.23. The molecule has 0 bridgehead atoms. The molecule has 1 amide bonds. The molecule has 0 saturated heterocycles. The van der Waals surface area contributed by atoms with Gasteiger partial charge in [-0.15, -0.1) is 0 Å². The first kappa shape index (κ1) is 20.4. The highest BCUT2D eigenvalue weighted by Crippen LogP contribution is 2.26. The molecule has 0 aliphatic rings. The van der Waals surface area contributed by atoms with E-state index in [-0.39, 0.29) is 33.5 Å². The van der Waals surface area contributed by atoms with Crippen LogP contribution in [0.25, 0.3) is 0 Å². The van der Waals surface area contributed by atoms with Gasteiger partial charge in [0, 0.05) is 11.6 Å². The molecule has 0 aromatic heterocycles. The number of anilines is 1. The van der Waals surface area contributed by atoms with Crippen LogP contribution in [0, 0.1) is 0 Å². The molecule has 0 aliphatic heterocycles. The van der Waals surface area contributed by atoms with Crippen LogP contribution in [0.5, 0.6) is 5.75 Å². The Morgan fingerprint density at radius 3 is 2.37 bits per heavy atom. The number of amides is 1. The molecule has 0 radical (unpaired) electrons. The minimum atomic E-state index is -3.90. The molecule has 2 aromatic carbocycles. The maximum atomic E-state index is 12.5. The third-order valence-electron chi connectivity index (χ3n) is 3.51. The molecular formula is C18H20N2O6S. The Morgan fingerprint density at radius 2 is 1.78 bits per heavy atom. The Hall–Kier alpha value is -2.91. The third-order valence-corrected chi connectivity index (χ3v) is 5.19. The first-order valence-corrected chi connectivity index (χ1v) is 9.48. The van der Waals surface area contributed by atoms with Crippen LogP contribution in [0.4, 0.5) is 5.69 Å². The summed E-state index contributed by atoms with van der Waals surface area (Å²) in [5.41, 5.74) is 0.0735. The average Bonchev–Trinajstić information content (AvgIpc) is 2.60. The smallest absolute Gasteiger partial charge is 0.337 e. The number of carbonyl (C=O) groups is 2. The maximum Gasteiger partial charge on any atom is 0.337 e. The van der Waals surface area contributed by atoms with E-state index in [0.29, 0.717) is 0 Å². The van der Waals surface area contributed by atoms with Crippen LogP contribution in [0.2, 0.25) is 0 Å².